The molecule has 1 saturated heterocycles. The molecule has 8 nitrogen and oxygen atoms in total. The van der Waals surface area contributed by atoms with Crippen LogP contribution in [0.5, 0.6) is 0 Å². The predicted octanol–water partition coefficient (Wildman–Crippen LogP) is 1.67. The van der Waals surface area contributed by atoms with E-state index in [1.807, 2.05) is 0 Å². The first-order chi connectivity index (χ1) is 13.1. The van der Waals surface area contributed by atoms with Gasteiger partial charge in [-0.3, -0.25) is 14.6 Å². The molecule has 0 unspecified atom stereocenters. The fourth-order valence-corrected chi connectivity index (χ4v) is 3.50. The molecule has 3 amide bonds. The number of ether oxygens (including phenoxy) is 1. The summed E-state index contributed by atoms with van der Waals surface area (Å²) in [5.41, 5.74) is 0.698. The summed E-state index contributed by atoms with van der Waals surface area (Å²) in [5.74, 6) is -0.389. The largest absolute Gasteiger partial charge is 0.450 e. The van der Waals surface area contributed by atoms with Crippen molar-refractivity contribution in [3.8, 4) is 0 Å². The fourth-order valence-electron chi connectivity index (χ4n) is 3.50. The lowest BCUT2D eigenvalue weighted by molar-refractivity contribution is 0.0566. The maximum Gasteiger partial charge on any atom is 0.409 e. The van der Waals surface area contributed by atoms with E-state index in [2.05, 4.69) is 10.3 Å². The topological polar surface area (TPSA) is 91.8 Å². The van der Waals surface area contributed by atoms with Crippen LogP contribution in [0.25, 0.3) is 0 Å². The summed E-state index contributed by atoms with van der Waals surface area (Å²) in [4.78, 5) is 44.3. The van der Waals surface area contributed by atoms with Crippen LogP contribution in [0.4, 0.5) is 4.79 Å². The number of nitrogens with zero attached hydrogens (tertiary/aromatic N) is 3. The highest BCUT2D eigenvalue weighted by Gasteiger charge is 2.26. The summed E-state index contributed by atoms with van der Waals surface area (Å²) in [6.07, 6.45) is 5.44. The summed E-state index contributed by atoms with van der Waals surface area (Å²) < 4.78 is 4.99. The van der Waals surface area contributed by atoms with E-state index in [1.165, 1.54) is 6.20 Å². The van der Waals surface area contributed by atoms with Gasteiger partial charge in [0.15, 0.2) is 0 Å². The highest BCUT2D eigenvalue weighted by Crippen LogP contribution is 2.18. The first-order valence-electron chi connectivity index (χ1n) is 9.56. The Morgan fingerprint density at radius 1 is 1.15 bits per heavy atom. The predicted molar refractivity (Wildman–Crippen MR) is 98.5 cm³/mol. The van der Waals surface area contributed by atoms with E-state index in [1.54, 1.807) is 28.9 Å². The molecule has 2 heterocycles. The number of carbonyl (C=O) groups excluding carboxylic acids is 3. The number of carbonyl (C=O) groups is 3. The number of hydrogen-bond donors (Lipinski definition) is 1. The zero-order valence-electron chi connectivity index (χ0n) is 15.6. The normalized spacial score (nSPS) is 17.7. The van der Waals surface area contributed by atoms with Crippen LogP contribution in [0.1, 0.15) is 53.5 Å². The Labute approximate surface area is 158 Å². The monoisotopic (exact) mass is 374 g/mol. The van der Waals surface area contributed by atoms with Gasteiger partial charge in [-0.2, -0.15) is 0 Å². The van der Waals surface area contributed by atoms with Crippen molar-refractivity contribution < 1.29 is 19.1 Å². The van der Waals surface area contributed by atoms with Gasteiger partial charge in [-0.05, 0) is 31.9 Å². The molecule has 2 fully saturated rings. The highest BCUT2D eigenvalue weighted by atomic mass is 16.6. The average molecular weight is 374 g/mol. The van der Waals surface area contributed by atoms with E-state index >= 15 is 0 Å². The molecule has 8 heteroatoms. The van der Waals surface area contributed by atoms with E-state index in [4.69, 9.17) is 4.74 Å². The van der Waals surface area contributed by atoms with Gasteiger partial charge in [0, 0.05) is 44.0 Å². The molecule has 0 radical (unpaired) electrons. The van der Waals surface area contributed by atoms with E-state index in [0.29, 0.717) is 38.3 Å². The van der Waals surface area contributed by atoms with Gasteiger partial charge in [0.05, 0.1) is 6.61 Å². The lowest BCUT2D eigenvalue weighted by Gasteiger charge is -2.33. The minimum absolute atomic E-state index is 0.162. The van der Waals surface area contributed by atoms with Crippen LogP contribution >= 0.6 is 0 Å². The minimum Gasteiger partial charge on any atom is -0.450 e. The fraction of sp³-hybridized carbons (Fsp3) is 0.579. The quantitative estimate of drug-likeness (QED) is 0.865. The first kappa shape index (κ1) is 19.1. The average Bonchev–Trinajstić information content (AvgIpc) is 3.21. The molecule has 0 spiro atoms. The SMILES string of the molecule is CCOC(=O)N1CCN(C(=O)c2cc(C(=O)NC3CCCC3)ccn2)CC1. The molecule has 0 bridgehead atoms. The van der Waals surface area contributed by atoms with Gasteiger partial charge in [-0.15, -0.1) is 0 Å². The van der Waals surface area contributed by atoms with Gasteiger partial charge < -0.3 is 19.9 Å². The zero-order valence-corrected chi connectivity index (χ0v) is 15.6. The summed E-state index contributed by atoms with van der Waals surface area (Å²) in [7, 11) is 0. The second-order valence-corrected chi connectivity index (χ2v) is 6.86. The van der Waals surface area contributed by atoms with Crippen LogP contribution in [-0.4, -0.2) is 71.5 Å². The molecule has 1 N–H and O–H groups in total. The molecule has 1 aliphatic carbocycles. The molecule has 0 atom stereocenters. The first-order valence-corrected chi connectivity index (χ1v) is 9.56. The number of nitrogens with one attached hydrogen (secondary N) is 1. The Hall–Kier alpha value is -2.64. The number of rotatable bonds is 4. The number of pyridine rings is 1. The summed E-state index contributed by atoms with van der Waals surface area (Å²) in [5, 5.41) is 3.02. The van der Waals surface area contributed by atoms with Crippen molar-refractivity contribution in [3.63, 3.8) is 0 Å². The third-order valence-electron chi connectivity index (χ3n) is 5.02. The van der Waals surface area contributed by atoms with Crippen LogP contribution in [-0.2, 0) is 4.74 Å². The van der Waals surface area contributed by atoms with Gasteiger partial charge in [-0.1, -0.05) is 12.8 Å². The lowest BCUT2D eigenvalue weighted by atomic mass is 10.1. The number of amides is 3. The van der Waals surface area contributed by atoms with Gasteiger partial charge >= 0.3 is 6.09 Å². The third-order valence-corrected chi connectivity index (χ3v) is 5.02. The van der Waals surface area contributed by atoms with Crippen molar-refractivity contribution in [2.45, 2.75) is 38.6 Å². The Balaban J connectivity index is 1.59. The van der Waals surface area contributed by atoms with Gasteiger partial charge in [0.1, 0.15) is 5.69 Å². The Morgan fingerprint density at radius 3 is 2.48 bits per heavy atom. The molecule has 0 aromatic carbocycles. The van der Waals surface area contributed by atoms with Gasteiger partial charge in [0.2, 0.25) is 0 Å². The molecular formula is C19H26N4O4. The molecule has 1 aliphatic heterocycles. The maximum absolute atomic E-state index is 12.7. The van der Waals surface area contributed by atoms with Crippen molar-refractivity contribution in [2.24, 2.45) is 0 Å². The number of hydrogen-bond acceptors (Lipinski definition) is 5. The molecule has 3 rings (SSSR count). The van der Waals surface area contributed by atoms with Gasteiger partial charge in [-0.25, -0.2) is 4.79 Å². The molecule has 27 heavy (non-hydrogen) atoms. The van der Waals surface area contributed by atoms with E-state index in [0.717, 1.165) is 25.7 Å². The Kier molecular flexibility index (Phi) is 6.26. The molecule has 1 saturated carbocycles. The maximum atomic E-state index is 12.7. The van der Waals surface area contributed by atoms with Crippen molar-refractivity contribution >= 4 is 17.9 Å². The van der Waals surface area contributed by atoms with Crippen LogP contribution in [0, 0.1) is 0 Å². The van der Waals surface area contributed by atoms with Crippen molar-refractivity contribution in [1.82, 2.24) is 20.1 Å². The lowest BCUT2D eigenvalue weighted by Crippen LogP contribution is -2.50. The van der Waals surface area contributed by atoms with Crippen molar-refractivity contribution in [3.05, 3.63) is 29.6 Å². The summed E-state index contributed by atoms with van der Waals surface area (Å²) >= 11 is 0. The summed E-state index contributed by atoms with van der Waals surface area (Å²) in [6, 6.07) is 3.39. The zero-order chi connectivity index (χ0) is 19.2. The van der Waals surface area contributed by atoms with Crippen LogP contribution in [0.3, 0.4) is 0 Å². The van der Waals surface area contributed by atoms with Crippen LogP contribution < -0.4 is 5.32 Å². The van der Waals surface area contributed by atoms with Crippen LogP contribution in [0.15, 0.2) is 18.3 Å². The van der Waals surface area contributed by atoms with Crippen molar-refractivity contribution in [1.29, 1.82) is 0 Å². The molecule has 1 aromatic heterocycles. The number of piperazine rings is 1. The standard InChI is InChI=1S/C19H26N4O4/c1-2-27-19(26)23-11-9-22(10-12-23)18(25)16-13-14(7-8-20-16)17(24)21-15-5-3-4-6-15/h7-8,13,15H,2-6,9-12H2,1H3,(H,21,24). The van der Waals surface area contributed by atoms with E-state index in [-0.39, 0.29) is 29.6 Å². The van der Waals surface area contributed by atoms with E-state index in [9.17, 15) is 14.4 Å². The molecular weight excluding hydrogens is 348 g/mol. The smallest absolute Gasteiger partial charge is 0.409 e. The van der Waals surface area contributed by atoms with Gasteiger partial charge in [0.25, 0.3) is 11.8 Å². The second kappa shape index (κ2) is 8.83. The molecule has 2 aliphatic rings. The van der Waals surface area contributed by atoms with E-state index < -0.39 is 0 Å². The Bertz CT molecular complexity index is 695. The number of aromatic nitrogens is 1. The van der Waals surface area contributed by atoms with Crippen molar-refractivity contribution in [2.75, 3.05) is 32.8 Å². The third kappa shape index (κ3) is 4.75. The Morgan fingerprint density at radius 2 is 1.81 bits per heavy atom. The van der Waals surface area contributed by atoms with Crippen LogP contribution in [0.2, 0.25) is 0 Å². The highest BCUT2D eigenvalue weighted by molar-refractivity contribution is 5.98. The minimum atomic E-state index is -0.353. The molecule has 146 valence electrons. The molecule has 1 aromatic rings. The second-order valence-electron chi connectivity index (χ2n) is 6.86. The summed E-state index contributed by atoms with van der Waals surface area (Å²) in [6.45, 7) is 3.77.